The Hall–Kier alpha value is -2.01. The van der Waals surface area contributed by atoms with Gasteiger partial charge in [0.25, 0.3) is 0 Å². The Labute approximate surface area is 129 Å². The molecule has 0 amide bonds. The van der Waals surface area contributed by atoms with Gasteiger partial charge in [-0.3, -0.25) is 0 Å². The van der Waals surface area contributed by atoms with E-state index in [1.54, 1.807) is 0 Å². The maximum atomic E-state index is 12.2. The smallest absolute Gasteiger partial charge is 0.342 e. The number of carbonyl (C=O) groups excluding carboxylic acids is 1. The number of hydrogen-bond donors (Lipinski definition) is 1. The van der Waals surface area contributed by atoms with E-state index >= 15 is 0 Å². The maximum absolute atomic E-state index is 12.2. The first kappa shape index (κ1) is 15.4. The molecule has 5 heteroatoms. The number of carbonyl (C=O) groups is 1. The maximum Gasteiger partial charge on any atom is 0.342 e. The molecule has 0 radical (unpaired) electrons. The van der Waals surface area contributed by atoms with Gasteiger partial charge in [0, 0.05) is 30.7 Å². The first-order chi connectivity index (χ1) is 9.90. The second-order valence-electron chi connectivity index (χ2n) is 5.28. The van der Waals surface area contributed by atoms with Crippen LogP contribution in [0.15, 0.2) is 29.6 Å². The Morgan fingerprint density at radius 1 is 1.24 bits per heavy atom. The van der Waals surface area contributed by atoms with Gasteiger partial charge in [-0.15, -0.1) is 11.3 Å². The molecule has 1 aromatic heterocycles. The van der Waals surface area contributed by atoms with Crippen LogP contribution in [0.4, 0.5) is 10.7 Å². The molecule has 1 aromatic carbocycles. The molecular weight excluding hydrogens is 284 g/mol. The molecule has 0 unspecified atom stereocenters. The van der Waals surface area contributed by atoms with Crippen LogP contribution in [0.1, 0.15) is 24.2 Å². The lowest BCUT2D eigenvalue weighted by atomic mass is 10.0. The SMILES string of the molecule is CC(C)OC(=O)c1c(-c2ccc(N(C)C)cc2)csc1N. The first-order valence-electron chi connectivity index (χ1n) is 6.76. The number of hydrogen-bond acceptors (Lipinski definition) is 5. The van der Waals surface area contributed by atoms with E-state index in [0.29, 0.717) is 10.6 Å². The number of esters is 1. The molecule has 4 nitrogen and oxygen atoms in total. The van der Waals surface area contributed by atoms with Gasteiger partial charge in [0.2, 0.25) is 0 Å². The van der Waals surface area contributed by atoms with Crippen LogP contribution < -0.4 is 10.6 Å². The second kappa shape index (κ2) is 6.18. The standard InChI is InChI=1S/C16H20N2O2S/c1-10(2)20-16(19)14-13(9-21-15(14)17)11-5-7-12(8-6-11)18(3)4/h5-10H,17H2,1-4H3. The summed E-state index contributed by atoms with van der Waals surface area (Å²) in [6, 6.07) is 8.01. The largest absolute Gasteiger partial charge is 0.459 e. The second-order valence-corrected chi connectivity index (χ2v) is 6.20. The van der Waals surface area contributed by atoms with Crippen molar-refractivity contribution >= 4 is 28.0 Å². The van der Waals surface area contributed by atoms with Crippen molar-refractivity contribution in [2.45, 2.75) is 20.0 Å². The number of nitrogens with two attached hydrogens (primary N) is 1. The van der Waals surface area contributed by atoms with Gasteiger partial charge < -0.3 is 15.4 Å². The number of nitrogen functional groups attached to an aromatic ring is 1. The van der Waals surface area contributed by atoms with Crippen molar-refractivity contribution in [3.8, 4) is 11.1 Å². The van der Waals surface area contributed by atoms with E-state index in [0.717, 1.165) is 16.8 Å². The minimum absolute atomic E-state index is 0.166. The lowest BCUT2D eigenvalue weighted by molar-refractivity contribution is 0.0380. The minimum Gasteiger partial charge on any atom is -0.459 e. The Morgan fingerprint density at radius 2 is 1.86 bits per heavy atom. The van der Waals surface area contributed by atoms with Gasteiger partial charge in [-0.05, 0) is 31.5 Å². The van der Waals surface area contributed by atoms with Gasteiger partial charge in [-0.1, -0.05) is 12.1 Å². The van der Waals surface area contributed by atoms with Crippen LogP contribution in [0.5, 0.6) is 0 Å². The summed E-state index contributed by atoms with van der Waals surface area (Å²) in [5, 5.41) is 2.39. The number of rotatable bonds is 4. The fourth-order valence-electron chi connectivity index (χ4n) is 2.01. The van der Waals surface area contributed by atoms with E-state index in [-0.39, 0.29) is 12.1 Å². The fraction of sp³-hybridized carbons (Fsp3) is 0.312. The lowest BCUT2D eigenvalue weighted by Crippen LogP contribution is -2.13. The predicted molar refractivity (Wildman–Crippen MR) is 89.0 cm³/mol. The molecule has 2 aromatic rings. The van der Waals surface area contributed by atoms with Crippen LogP contribution >= 0.6 is 11.3 Å². The third-order valence-electron chi connectivity index (χ3n) is 3.06. The van der Waals surface area contributed by atoms with Crippen molar-refractivity contribution in [3.05, 3.63) is 35.2 Å². The van der Waals surface area contributed by atoms with Gasteiger partial charge >= 0.3 is 5.97 Å². The Balaban J connectivity index is 2.38. The van der Waals surface area contributed by atoms with E-state index in [4.69, 9.17) is 10.5 Å². The quantitative estimate of drug-likeness (QED) is 0.876. The number of thiophene rings is 1. The van der Waals surface area contributed by atoms with Crippen LogP contribution in [0.3, 0.4) is 0 Å². The average Bonchev–Trinajstić information content (AvgIpc) is 2.80. The summed E-state index contributed by atoms with van der Waals surface area (Å²) in [7, 11) is 3.98. The molecular formula is C16H20N2O2S. The number of ether oxygens (including phenoxy) is 1. The Bertz CT molecular complexity index is 630. The van der Waals surface area contributed by atoms with Crippen molar-refractivity contribution in [3.63, 3.8) is 0 Å². The molecule has 0 saturated carbocycles. The summed E-state index contributed by atoms with van der Waals surface area (Å²) in [6.45, 7) is 3.65. The molecule has 0 saturated heterocycles. The molecule has 2 N–H and O–H groups in total. The number of nitrogens with zero attached hydrogens (tertiary/aromatic N) is 1. The van der Waals surface area contributed by atoms with E-state index in [9.17, 15) is 4.79 Å². The molecule has 0 aliphatic heterocycles. The Morgan fingerprint density at radius 3 is 2.38 bits per heavy atom. The van der Waals surface area contributed by atoms with Crippen LogP contribution in [0.2, 0.25) is 0 Å². The molecule has 21 heavy (non-hydrogen) atoms. The summed E-state index contributed by atoms with van der Waals surface area (Å²) < 4.78 is 5.28. The summed E-state index contributed by atoms with van der Waals surface area (Å²) >= 11 is 1.36. The van der Waals surface area contributed by atoms with Crippen molar-refractivity contribution in [2.24, 2.45) is 0 Å². The summed E-state index contributed by atoms with van der Waals surface area (Å²) in [5.41, 5.74) is 9.30. The third kappa shape index (κ3) is 3.36. The van der Waals surface area contributed by atoms with Crippen molar-refractivity contribution in [1.29, 1.82) is 0 Å². The highest BCUT2D eigenvalue weighted by Gasteiger charge is 2.20. The highest BCUT2D eigenvalue weighted by atomic mass is 32.1. The van der Waals surface area contributed by atoms with Gasteiger partial charge in [0.15, 0.2) is 0 Å². The fourth-order valence-corrected chi connectivity index (χ4v) is 2.82. The molecule has 112 valence electrons. The molecule has 0 bridgehead atoms. The molecule has 0 fully saturated rings. The normalized spacial score (nSPS) is 10.7. The molecule has 0 aliphatic rings. The first-order valence-corrected chi connectivity index (χ1v) is 7.63. The zero-order chi connectivity index (χ0) is 15.6. The van der Waals surface area contributed by atoms with E-state index < -0.39 is 0 Å². The average molecular weight is 304 g/mol. The van der Waals surface area contributed by atoms with Gasteiger partial charge in [0.1, 0.15) is 10.6 Å². The zero-order valence-electron chi connectivity index (χ0n) is 12.7. The summed E-state index contributed by atoms with van der Waals surface area (Å²) in [6.07, 6.45) is -0.166. The Kier molecular flexibility index (Phi) is 4.53. The van der Waals surface area contributed by atoms with Gasteiger partial charge in [-0.25, -0.2) is 4.79 Å². The van der Waals surface area contributed by atoms with Crippen LogP contribution in [0.25, 0.3) is 11.1 Å². The highest BCUT2D eigenvalue weighted by Crippen LogP contribution is 2.35. The number of benzene rings is 1. The van der Waals surface area contributed by atoms with Crippen LogP contribution in [-0.2, 0) is 4.74 Å². The van der Waals surface area contributed by atoms with E-state index in [2.05, 4.69) is 0 Å². The molecule has 0 atom stereocenters. The van der Waals surface area contributed by atoms with Crippen molar-refractivity contribution in [1.82, 2.24) is 0 Å². The lowest BCUT2D eigenvalue weighted by Gasteiger charge is -2.13. The minimum atomic E-state index is -0.365. The van der Waals surface area contributed by atoms with E-state index in [1.807, 2.05) is 62.5 Å². The van der Waals surface area contributed by atoms with Gasteiger partial charge in [-0.2, -0.15) is 0 Å². The molecule has 0 spiro atoms. The predicted octanol–water partition coefficient (Wildman–Crippen LogP) is 3.63. The van der Waals surface area contributed by atoms with Gasteiger partial charge in [0.05, 0.1) is 6.10 Å². The monoisotopic (exact) mass is 304 g/mol. The number of anilines is 2. The van der Waals surface area contributed by atoms with Crippen LogP contribution in [0, 0.1) is 0 Å². The van der Waals surface area contributed by atoms with E-state index in [1.165, 1.54) is 11.3 Å². The molecule has 1 heterocycles. The zero-order valence-corrected chi connectivity index (χ0v) is 13.5. The molecule has 0 aliphatic carbocycles. The highest BCUT2D eigenvalue weighted by molar-refractivity contribution is 7.14. The topological polar surface area (TPSA) is 55.6 Å². The van der Waals surface area contributed by atoms with Crippen molar-refractivity contribution in [2.75, 3.05) is 24.7 Å². The third-order valence-corrected chi connectivity index (χ3v) is 3.87. The van der Waals surface area contributed by atoms with Crippen molar-refractivity contribution < 1.29 is 9.53 Å². The summed E-state index contributed by atoms with van der Waals surface area (Å²) in [4.78, 5) is 14.2. The molecule has 2 rings (SSSR count). The summed E-state index contributed by atoms with van der Waals surface area (Å²) in [5.74, 6) is -0.365. The van der Waals surface area contributed by atoms with Crippen LogP contribution in [-0.4, -0.2) is 26.2 Å².